The molecule has 158 valence electrons. The Bertz CT molecular complexity index is 380. The number of unbranched alkanes of at least 4 members (excludes halogenated alkanes) is 14. The number of hydrogen-bond donors (Lipinski definition) is 1. The molecule has 0 bridgehead atoms. The molecule has 0 fully saturated rings. The highest BCUT2D eigenvalue weighted by atomic mass is 16.5. The lowest BCUT2D eigenvalue weighted by atomic mass is 10.1. The summed E-state index contributed by atoms with van der Waals surface area (Å²) < 4.78 is 11.8. The van der Waals surface area contributed by atoms with E-state index in [0.29, 0.717) is 0 Å². The SMILES string of the molecule is CCCCCCCCCCOc1c[nH]cc1OCCCCCCCCCC. The maximum atomic E-state index is 5.90. The summed E-state index contributed by atoms with van der Waals surface area (Å²) in [4.78, 5) is 3.11. The Hall–Kier alpha value is -1.12. The van der Waals surface area contributed by atoms with Gasteiger partial charge in [0.25, 0.3) is 0 Å². The summed E-state index contributed by atoms with van der Waals surface area (Å²) in [6.45, 7) is 6.12. The first-order valence-corrected chi connectivity index (χ1v) is 11.8. The monoisotopic (exact) mass is 379 g/mol. The van der Waals surface area contributed by atoms with Gasteiger partial charge in [-0.1, -0.05) is 104 Å². The molecule has 0 aliphatic rings. The van der Waals surface area contributed by atoms with Crippen molar-refractivity contribution in [3.05, 3.63) is 12.4 Å². The lowest BCUT2D eigenvalue weighted by Gasteiger charge is -2.09. The highest BCUT2D eigenvalue weighted by Gasteiger charge is 2.06. The number of ether oxygens (including phenoxy) is 2. The maximum absolute atomic E-state index is 5.90. The van der Waals surface area contributed by atoms with Crippen molar-refractivity contribution in [3.8, 4) is 11.5 Å². The zero-order valence-electron chi connectivity index (χ0n) is 18.2. The van der Waals surface area contributed by atoms with Crippen LogP contribution in [-0.2, 0) is 0 Å². The molecule has 0 saturated heterocycles. The van der Waals surface area contributed by atoms with Gasteiger partial charge in [0, 0.05) is 12.4 Å². The van der Waals surface area contributed by atoms with Crippen LogP contribution in [0.1, 0.15) is 117 Å². The maximum Gasteiger partial charge on any atom is 0.178 e. The van der Waals surface area contributed by atoms with E-state index >= 15 is 0 Å². The Balaban J connectivity index is 1.96. The number of hydrogen-bond acceptors (Lipinski definition) is 2. The van der Waals surface area contributed by atoms with E-state index in [2.05, 4.69) is 18.8 Å². The van der Waals surface area contributed by atoms with Crippen LogP contribution in [-0.4, -0.2) is 18.2 Å². The summed E-state index contributed by atoms with van der Waals surface area (Å²) in [6, 6.07) is 0. The van der Waals surface area contributed by atoms with Crippen molar-refractivity contribution in [2.24, 2.45) is 0 Å². The summed E-state index contributed by atoms with van der Waals surface area (Å²) in [7, 11) is 0. The Morgan fingerprint density at radius 3 is 1.22 bits per heavy atom. The van der Waals surface area contributed by atoms with Crippen molar-refractivity contribution in [1.29, 1.82) is 0 Å². The zero-order valence-corrected chi connectivity index (χ0v) is 18.2. The summed E-state index contributed by atoms with van der Waals surface area (Å²) in [5, 5.41) is 0. The van der Waals surface area contributed by atoms with E-state index in [1.54, 1.807) is 0 Å². The largest absolute Gasteiger partial charge is 0.488 e. The molecule has 3 heteroatoms. The van der Waals surface area contributed by atoms with Gasteiger partial charge < -0.3 is 14.5 Å². The van der Waals surface area contributed by atoms with E-state index < -0.39 is 0 Å². The highest BCUT2D eigenvalue weighted by molar-refractivity contribution is 5.36. The van der Waals surface area contributed by atoms with Gasteiger partial charge in [-0.25, -0.2) is 0 Å². The van der Waals surface area contributed by atoms with Crippen molar-refractivity contribution in [1.82, 2.24) is 4.98 Å². The fourth-order valence-electron chi connectivity index (χ4n) is 3.40. The molecule has 1 rings (SSSR count). The van der Waals surface area contributed by atoms with Gasteiger partial charge in [0.1, 0.15) is 0 Å². The molecular weight excluding hydrogens is 334 g/mol. The van der Waals surface area contributed by atoms with Crippen LogP contribution in [0, 0.1) is 0 Å². The topological polar surface area (TPSA) is 34.2 Å². The molecule has 0 unspecified atom stereocenters. The van der Waals surface area contributed by atoms with E-state index in [1.165, 1.54) is 89.9 Å². The lowest BCUT2D eigenvalue weighted by Crippen LogP contribution is -2.01. The van der Waals surface area contributed by atoms with Crippen LogP contribution in [0.2, 0.25) is 0 Å². The first-order valence-electron chi connectivity index (χ1n) is 11.8. The smallest absolute Gasteiger partial charge is 0.178 e. The third-order valence-corrected chi connectivity index (χ3v) is 5.18. The highest BCUT2D eigenvalue weighted by Crippen LogP contribution is 2.27. The quantitative estimate of drug-likeness (QED) is 0.232. The summed E-state index contributed by atoms with van der Waals surface area (Å²) >= 11 is 0. The van der Waals surface area contributed by atoms with Gasteiger partial charge in [-0.15, -0.1) is 0 Å². The predicted molar refractivity (Wildman–Crippen MR) is 117 cm³/mol. The molecule has 1 aromatic heterocycles. The molecular formula is C24H45NO2. The van der Waals surface area contributed by atoms with Crippen LogP contribution < -0.4 is 9.47 Å². The minimum Gasteiger partial charge on any atom is -0.488 e. The fraction of sp³-hybridized carbons (Fsp3) is 0.833. The second kappa shape index (κ2) is 18.3. The van der Waals surface area contributed by atoms with Crippen molar-refractivity contribution in [2.75, 3.05) is 13.2 Å². The van der Waals surface area contributed by atoms with Crippen molar-refractivity contribution >= 4 is 0 Å². The molecule has 3 nitrogen and oxygen atoms in total. The molecule has 1 heterocycles. The van der Waals surface area contributed by atoms with E-state index in [9.17, 15) is 0 Å². The molecule has 0 amide bonds. The Kier molecular flexibility index (Phi) is 16.2. The van der Waals surface area contributed by atoms with Gasteiger partial charge in [-0.2, -0.15) is 0 Å². The van der Waals surface area contributed by atoms with Crippen LogP contribution in [0.25, 0.3) is 0 Å². The average Bonchev–Trinajstić information content (AvgIpc) is 3.12. The molecule has 0 aliphatic carbocycles. The second-order valence-electron chi connectivity index (χ2n) is 7.83. The van der Waals surface area contributed by atoms with Gasteiger partial charge in [0.15, 0.2) is 11.5 Å². The third-order valence-electron chi connectivity index (χ3n) is 5.18. The number of nitrogens with one attached hydrogen (secondary N) is 1. The predicted octanol–water partition coefficient (Wildman–Crippen LogP) is 8.05. The van der Waals surface area contributed by atoms with Crippen molar-refractivity contribution in [3.63, 3.8) is 0 Å². The molecule has 0 saturated carbocycles. The normalized spacial score (nSPS) is 11.0. The summed E-state index contributed by atoms with van der Waals surface area (Å²) in [6.07, 6.45) is 25.1. The van der Waals surface area contributed by atoms with Crippen LogP contribution in [0.5, 0.6) is 11.5 Å². The number of aromatic amines is 1. The van der Waals surface area contributed by atoms with Gasteiger partial charge in [0.05, 0.1) is 13.2 Å². The molecule has 0 spiro atoms. The molecule has 27 heavy (non-hydrogen) atoms. The van der Waals surface area contributed by atoms with E-state index in [-0.39, 0.29) is 0 Å². The minimum atomic E-state index is 0.793. The van der Waals surface area contributed by atoms with Gasteiger partial charge >= 0.3 is 0 Å². The second-order valence-corrected chi connectivity index (χ2v) is 7.83. The Labute approximate surface area is 168 Å². The third kappa shape index (κ3) is 13.7. The molecule has 0 aromatic carbocycles. The number of rotatable bonds is 20. The number of aromatic nitrogens is 1. The summed E-state index contributed by atoms with van der Waals surface area (Å²) in [5.74, 6) is 1.75. The van der Waals surface area contributed by atoms with Crippen LogP contribution in [0.15, 0.2) is 12.4 Å². The van der Waals surface area contributed by atoms with E-state index in [4.69, 9.17) is 9.47 Å². The molecule has 0 atom stereocenters. The molecule has 0 aliphatic heterocycles. The zero-order chi connectivity index (χ0) is 19.4. The van der Waals surface area contributed by atoms with Crippen molar-refractivity contribution in [2.45, 2.75) is 117 Å². The van der Waals surface area contributed by atoms with Crippen LogP contribution in [0.4, 0.5) is 0 Å². The van der Waals surface area contributed by atoms with Crippen LogP contribution in [0.3, 0.4) is 0 Å². The Morgan fingerprint density at radius 1 is 0.519 bits per heavy atom. The molecule has 1 N–H and O–H groups in total. The Morgan fingerprint density at radius 2 is 0.852 bits per heavy atom. The van der Waals surface area contributed by atoms with E-state index in [1.807, 2.05) is 12.4 Å². The lowest BCUT2D eigenvalue weighted by molar-refractivity contribution is 0.260. The first kappa shape index (κ1) is 23.9. The van der Waals surface area contributed by atoms with Crippen LogP contribution >= 0.6 is 0 Å². The van der Waals surface area contributed by atoms with Gasteiger partial charge in [-0.05, 0) is 12.8 Å². The van der Waals surface area contributed by atoms with Crippen molar-refractivity contribution < 1.29 is 9.47 Å². The van der Waals surface area contributed by atoms with Gasteiger partial charge in [-0.3, -0.25) is 0 Å². The minimum absolute atomic E-state index is 0.793. The van der Waals surface area contributed by atoms with E-state index in [0.717, 1.165) is 37.6 Å². The standard InChI is InChI=1S/C24H45NO2/c1-3-5-7-9-11-13-15-17-19-26-23-21-25-22-24(23)27-20-18-16-14-12-10-8-6-4-2/h21-22,25H,3-20H2,1-2H3. The first-order chi connectivity index (χ1) is 13.4. The number of H-pyrrole nitrogens is 1. The molecule has 1 aromatic rings. The fourth-order valence-corrected chi connectivity index (χ4v) is 3.40. The average molecular weight is 380 g/mol. The molecule has 0 radical (unpaired) electrons. The van der Waals surface area contributed by atoms with Gasteiger partial charge in [0.2, 0.25) is 0 Å². The summed E-state index contributed by atoms with van der Waals surface area (Å²) in [5.41, 5.74) is 0.